The number of benzene rings is 8. The summed E-state index contributed by atoms with van der Waals surface area (Å²) in [5.41, 5.74) is 26.9. The number of ether oxygens (including phenoxy) is 2. The van der Waals surface area contributed by atoms with E-state index in [-0.39, 0.29) is 78.1 Å². The molecule has 41 heteroatoms. The molecule has 0 saturated carbocycles. The monoisotopic (exact) mass is 2160 g/mol. The minimum Gasteiger partial charge on any atom is -0.478 e. The van der Waals surface area contributed by atoms with Gasteiger partial charge in [-0.25, -0.2) is 24.4 Å². The summed E-state index contributed by atoms with van der Waals surface area (Å²) in [5, 5.41) is 21.5. The molecule has 0 bridgehead atoms. The Bertz CT molecular complexity index is 7620. The number of carbonyl (C=O) groups is 12. The Morgan fingerprint density at radius 2 is 0.726 bits per heavy atom. The van der Waals surface area contributed by atoms with Gasteiger partial charge in [-0.05, 0) is 277 Å². The van der Waals surface area contributed by atoms with Crippen molar-refractivity contribution in [2.24, 2.45) is 5.73 Å². The van der Waals surface area contributed by atoms with Gasteiger partial charge in [-0.15, -0.1) is 23.2 Å². The molecule has 10 N–H and O–H groups in total. The van der Waals surface area contributed by atoms with Crippen molar-refractivity contribution in [3.8, 4) is 33.4 Å². The van der Waals surface area contributed by atoms with Crippen LogP contribution >= 0.6 is 85.5 Å². The van der Waals surface area contributed by atoms with Crippen LogP contribution in [0.4, 0.5) is 21.2 Å². The first-order valence-electron chi connectivity index (χ1n) is 44.6. The molecule has 14 aromatic rings. The highest BCUT2D eigenvalue weighted by Crippen LogP contribution is 2.42. The molecule has 5 aliphatic heterocycles. The number of aliphatic carboxylic acids is 1. The highest BCUT2D eigenvalue weighted by molar-refractivity contribution is 9.10. The molecule has 0 spiro atoms. The van der Waals surface area contributed by atoms with Gasteiger partial charge < -0.3 is 74.7 Å². The number of carbonyl (C=O) groups excluding carboxylic acids is 11. The van der Waals surface area contributed by atoms with Gasteiger partial charge >= 0.3 is 25.3 Å². The molecule has 8 aromatic carbocycles. The van der Waals surface area contributed by atoms with E-state index in [0.717, 1.165) is 96.1 Å². The Labute approximate surface area is 875 Å². The zero-order chi connectivity index (χ0) is 106. The lowest BCUT2D eigenvalue weighted by molar-refractivity contribution is -0.131. The number of nitrogens with one attached hydrogen (secondary N) is 3. The number of amides is 11. The number of imide groups is 4. The van der Waals surface area contributed by atoms with E-state index in [1.54, 1.807) is 160 Å². The lowest BCUT2D eigenvalue weighted by Crippen LogP contribution is -2.41. The van der Waals surface area contributed by atoms with Crippen LogP contribution in [0.5, 0.6) is 0 Å². The van der Waals surface area contributed by atoms with E-state index in [9.17, 15) is 57.5 Å². The number of furan rings is 4. The third-order valence-electron chi connectivity index (χ3n) is 23.1. The number of halogens is 7. The number of carboxylic acid groups (broad SMARTS) is 1. The minimum atomic E-state index is -0.980. The number of aromatic nitrogens is 2. The van der Waals surface area contributed by atoms with Gasteiger partial charge in [0.25, 0.3) is 47.3 Å². The standard InChI is InChI=1S/C26H19ClN4O4.C23H21ClN2O5.C20H27BClNO5.C18H13ClN2O3.C9H6BrNO2.C8H8N2O2.CH2Cl2/c1-31-25(33)19-5-4-15(10-20(19)26(31)34)16-8-17-9-18(35-24(17)21(27)11-16)13-30-23(32)7-3-14-2-6-22(28)29-12-14;1-23(2,3)31-22(29)25-11-15-8-14-7-13(10-18(24)19(14)30-15)12-5-6-16-17(9-12)21(28)26(4)20(16)27;1-18(2,3)26-17(24)23-11-14-9-12-8-13(10-15(22)16(12)25-14)21-27-19(4,5)20(6,7)28-21;1-21-17(22)13-3-2-9(6-14(13)18(21)23)10-4-11-5-12(8-20)24-16(11)15(19)7-10;1-11-8(12)6-3-2-5(10)4-7(6)9(11)13;9-7-3-1-6(5-10-7)2-4-8(11)12;2-1-3/h2-12H,13H2,1H3,(H2,28,29)(H,30,32);5-10H,11H2,1-4H3,(H,25,29);8-10H,11H2,1-7H3,(H,23,24);2-7H,8,20H2,1H3;2-4H,1H3;1-5H,(H2,9,10)(H,11,12);1H2/b7-3+;;;;;4-2+;. The summed E-state index contributed by atoms with van der Waals surface area (Å²) in [6.45, 7) is 19.6. The van der Waals surface area contributed by atoms with Crippen LogP contribution in [0.15, 0.2) is 217 Å². The van der Waals surface area contributed by atoms with Crippen molar-refractivity contribution >= 4 is 237 Å². The molecule has 754 valence electrons. The average Bonchev–Trinajstić information content (AvgIpc) is 1.62. The first-order valence-corrected chi connectivity index (χ1v) is 48.0. The van der Waals surface area contributed by atoms with Crippen LogP contribution in [0, 0.1) is 0 Å². The maximum Gasteiger partial charge on any atom is 0.494 e. The van der Waals surface area contributed by atoms with Gasteiger partial charge in [-0.3, -0.25) is 62.8 Å². The molecule has 6 aromatic heterocycles. The number of hydrogen-bond donors (Lipinski definition) is 7. The molecule has 1 saturated heterocycles. The first-order chi connectivity index (χ1) is 68.8. The fourth-order valence-corrected chi connectivity index (χ4v) is 16.6. The topological polar surface area (TPSA) is 467 Å². The highest BCUT2D eigenvalue weighted by atomic mass is 79.9. The average molecular weight is 2170 g/mol. The number of nitrogens with two attached hydrogens (primary N) is 3. The molecule has 1 fully saturated rings. The van der Waals surface area contributed by atoms with Crippen LogP contribution in [0.1, 0.15) is 186 Å². The third-order valence-corrected chi connectivity index (χ3v) is 24.7. The maximum atomic E-state index is 12.4. The molecule has 11 heterocycles. The van der Waals surface area contributed by atoms with Crippen LogP contribution < -0.4 is 38.6 Å². The Kier molecular flexibility index (Phi) is 33.5. The number of alkyl carbamates (subject to hydrolysis) is 2. The number of pyridine rings is 2. The highest BCUT2D eigenvalue weighted by Gasteiger charge is 2.52. The zero-order valence-corrected chi connectivity index (χ0v) is 87.0. The summed E-state index contributed by atoms with van der Waals surface area (Å²) in [6, 6.07) is 49.2. The van der Waals surface area contributed by atoms with Crippen LogP contribution in [0.2, 0.25) is 20.1 Å². The van der Waals surface area contributed by atoms with Crippen molar-refractivity contribution in [2.75, 3.05) is 45.0 Å². The molecule has 11 amide bonds. The minimum absolute atomic E-state index is 0.150. The van der Waals surface area contributed by atoms with Gasteiger partial charge in [0.05, 0.1) is 107 Å². The fourth-order valence-electron chi connectivity index (χ4n) is 15.2. The van der Waals surface area contributed by atoms with Crippen molar-refractivity contribution in [3.63, 3.8) is 0 Å². The van der Waals surface area contributed by atoms with E-state index in [1.807, 2.05) is 90.9 Å². The van der Waals surface area contributed by atoms with Crippen molar-refractivity contribution in [3.05, 3.63) is 298 Å². The number of fused-ring (bicyclic) bond motifs is 8. The van der Waals surface area contributed by atoms with Crippen LogP contribution in [-0.4, -0.2) is 169 Å². The molecule has 0 aliphatic carbocycles. The molecule has 19 rings (SSSR count). The lowest BCUT2D eigenvalue weighted by Gasteiger charge is -2.32. The van der Waals surface area contributed by atoms with E-state index in [4.69, 9.17) is 128 Å². The normalized spacial score (nSPS) is 14.2. The van der Waals surface area contributed by atoms with Gasteiger partial charge in [-0.2, -0.15) is 0 Å². The van der Waals surface area contributed by atoms with E-state index >= 15 is 0 Å². The molecule has 0 radical (unpaired) electrons. The molecule has 33 nitrogen and oxygen atoms in total. The van der Waals surface area contributed by atoms with E-state index in [2.05, 4.69) is 41.8 Å². The quantitative estimate of drug-likeness (QED) is 0.0217. The van der Waals surface area contributed by atoms with E-state index < -0.39 is 47.7 Å². The molecule has 0 atom stereocenters. The van der Waals surface area contributed by atoms with Crippen molar-refractivity contribution in [2.45, 2.75) is 118 Å². The van der Waals surface area contributed by atoms with Crippen LogP contribution in [0.25, 0.3) is 89.4 Å². The SMILES string of the molecule is CC(C)(C)OC(=O)NCc1cc2cc(B3OC(C)(C)C(C)(C)O3)cc(Cl)c2o1.CN1C(=O)c2ccc(-c3cc(Cl)c4oc(CN)cc4c3)cc2C1=O.CN1C(=O)c2ccc(-c3cc(Cl)c4oc(CNC(=O)/C=C/c5ccc(N)nc5)cc4c3)cc2C1=O.CN1C(=O)c2ccc(-c3cc(Cl)c4oc(CNC(=O)OC(C)(C)C)cc4c3)cc2C1=O.CN1C(=O)c2ccc(Br)cc2C1=O.ClCCl.Nc1ccc(/C=C/C(=O)O)cn1. The summed E-state index contributed by atoms with van der Waals surface area (Å²) in [7, 11) is 5.38. The number of alkyl halides is 2. The predicted octanol–water partition coefficient (Wildman–Crippen LogP) is 21.0. The van der Waals surface area contributed by atoms with Crippen molar-refractivity contribution in [1.29, 1.82) is 0 Å². The second-order valence-electron chi connectivity index (χ2n) is 36.4. The van der Waals surface area contributed by atoms with Gasteiger partial charge in [0.2, 0.25) is 5.91 Å². The Balaban J connectivity index is 0.000000150. The smallest absolute Gasteiger partial charge is 0.478 e. The summed E-state index contributed by atoms with van der Waals surface area (Å²) >= 11 is 38.4. The molecule has 0 unspecified atom stereocenters. The van der Waals surface area contributed by atoms with Crippen LogP contribution in [-0.2, 0) is 54.6 Å². The second-order valence-corrected chi connectivity index (χ2v) is 39.8. The maximum absolute atomic E-state index is 12.4. The molecule has 5 aliphatic rings. The van der Waals surface area contributed by atoms with Gasteiger partial charge in [0.1, 0.15) is 45.9 Å². The van der Waals surface area contributed by atoms with Crippen LogP contribution in [0.3, 0.4) is 0 Å². The van der Waals surface area contributed by atoms with Crippen molar-refractivity contribution < 1.29 is 99.1 Å². The summed E-state index contributed by atoms with van der Waals surface area (Å²) in [5.74, 6) is -0.476. The largest absolute Gasteiger partial charge is 0.494 e. The summed E-state index contributed by atoms with van der Waals surface area (Å²) in [6.07, 6.45) is 7.58. The first kappa shape index (κ1) is 109. The predicted molar refractivity (Wildman–Crippen MR) is 562 cm³/mol. The lowest BCUT2D eigenvalue weighted by atomic mass is 9.78. The third kappa shape index (κ3) is 25.5. The zero-order valence-electron chi connectivity index (χ0n) is 80.9. The molecular weight excluding hydrogens is 2070 g/mol. The van der Waals surface area contributed by atoms with Crippen molar-refractivity contribution in [1.82, 2.24) is 45.5 Å². The number of anilines is 2. The Morgan fingerprint density at radius 1 is 0.418 bits per heavy atom. The molecule has 146 heavy (non-hydrogen) atoms. The van der Waals surface area contributed by atoms with Gasteiger partial charge in [0.15, 0.2) is 22.3 Å². The number of nitrogens with zero attached hydrogens (tertiary/aromatic N) is 6. The van der Waals surface area contributed by atoms with Gasteiger partial charge in [0, 0.05) is 78.8 Å². The Morgan fingerprint density at radius 3 is 1.06 bits per heavy atom. The second kappa shape index (κ2) is 45.0. The van der Waals surface area contributed by atoms with Gasteiger partial charge in [-0.1, -0.05) is 86.6 Å². The fraction of sp³-hybridized carbons (Fsp3) is 0.219. The number of carboxylic acids is 1. The number of rotatable bonds is 15. The molecular formula is C105H96BBrCl6N12O21. The Hall–Kier alpha value is -14.5. The number of nitrogen functional groups attached to an aromatic ring is 2. The number of hydrogen-bond acceptors (Lipinski definition) is 25. The summed E-state index contributed by atoms with van der Waals surface area (Å²) in [4.78, 5) is 154. The summed E-state index contributed by atoms with van der Waals surface area (Å²) < 4.78 is 46.5. The van der Waals surface area contributed by atoms with E-state index in [0.29, 0.717) is 134 Å². The van der Waals surface area contributed by atoms with E-state index in [1.165, 1.54) is 46.5 Å².